The Morgan fingerprint density at radius 3 is 2.50 bits per heavy atom. The van der Waals surface area contributed by atoms with Gasteiger partial charge in [0.2, 0.25) is 0 Å². The number of methoxy groups -OCH3 is 2. The fourth-order valence-corrected chi connectivity index (χ4v) is 1.68. The van der Waals surface area contributed by atoms with Crippen LogP contribution in [0.1, 0.15) is 23.2 Å². The standard InChI is InChI=1S/C14H19NO5/c1-19-12-6-5-10(8-13(12)20-2)11(16)9-15-7-3-4-14(17)18/h5-6,8,15H,3-4,7,9H2,1-2H3,(H,17,18). The van der Waals surface area contributed by atoms with Gasteiger partial charge in [-0.1, -0.05) is 0 Å². The van der Waals surface area contributed by atoms with Gasteiger partial charge in [-0.3, -0.25) is 9.59 Å². The highest BCUT2D eigenvalue weighted by atomic mass is 16.5. The number of carbonyl (C=O) groups is 2. The zero-order valence-electron chi connectivity index (χ0n) is 11.6. The van der Waals surface area contributed by atoms with Crippen LogP contribution in [0.2, 0.25) is 0 Å². The molecule has 0 saturated carbocycles. The Balaban J connectivity index is 2.49. The SMILES string of the molecule is COc1ccc(C(=O)CNCCCC(=O)O)cc1OC. The quantitative estimate of drug-likeness (QED) is 0.525. The number of ether oxygens (including phenoxy) is 2. The van der Waals surface area contributed by atoms with Crippen LogP contribution in [0, 0.1) is 0 Å². The first-order chi connectivity index (χ1) is 9.58. The van der Waals surface area contributed by atoms with E-state index >= 15 is 0 Å². The zero-order valence-corrected chi connectivity index (χ0v) is 11.6. The molecule has 2 N–H and O–H groups in total. The first kappa shape index (κ1) is 16.0. The first-order valence-electron chi connectivity index (χ1n) is 6.26. The number of hydrogen-bond donors (Lipinski definition) is 2. The predicted octanol–water partition coefficient (Wildman–Crippen LogP) is 1.34. The number of Topliss-reactive ketones (excluding diaryl/α,β-unsaturated/α-hetero) is 1. The third-order valence-electron chi connectivity index (χ3n) is 2.74. The summed E-state index contributed by atoms with van der Waals surface area (Å²) in [6.07, 6.45) is 0.589. The highest BCUT2D eigenvalue weighted by Crippen LogP contribution is 2.27. The van der Waals surface area contributed by atoms with Crippen LogP contribution in [0.15, 0.2) is 18.2 Å². The van der Waals surface area contributed by atoms with Crippen LogP contribution in [0.3, 0.4) is 0 Å². The van der Waals surface area contributed by atoms with Gasteiger partial charge in [0.1, 0.15) is 0 Å². The topological polar surface area (TPSA) is 84.9 Å². The molecule has 1 rings (SSSR count). The molecule has 0 atom stereocenters. The summed E-state index contributed by atoms with van der Waals surface area (Å²) < 4.78 is 10.2. The highest BCUT2D eigenvalue weighted by molar-refractivity contribution is 5.98. The Bertz CT molecular complexity index is 473. The summed E-state index contributed by atoms with van der Waals surface area (Å²) in [5, 5.41) is 11.4. The lowest BCUT2D eigenvalue weighted by atomic mass is 10.1. The van der Waals surface area contributed by atoms with E-state index in [1.54, 1.807) is 18.2 Å². The minimum Gasteiger partial charge on any atom is -0.493 e. The van der Waals surface area contributed by atoms with Gasteiger partial charge in [0.15, 0.2) is 17.3 Å². The molecule has 0 bridgehead atoms. The summed E-state index contributed by atoms with van der Waals surface area (Å²) in [5.74, 6) is 0.155. The minimum absolute atomic E-state index is 0.0821. The van der Waals surface area contributed by atoms with Crippen molar-refractivity contribution < 1.29 is 24.2 Å². The summed E-state index contributed by atoms with van der Waals surface area (Å²) in [7, 11) is 3.04. The average Bonchev–Trinajstić information content (AvgIpc) is 2.45. The van der Waals surface area contributed by atoms with Crippen LogP contribution >= 0.6 is 0 Å². The van der Waals surface area contributed by atoms with E-state index in [-0.39, 0.29) is 18.7 Å². The zero-order chi connectivity index (χ0) is 15.0. The third-order valence-corrected chi connectivity index (χ3v) is 2.74. The van der Waals surface area contributed by atoms with Crippen LogP contribution in [0.5, 0.6) is 11.5 Å². The molecule has 20 heavy (non-hydrogen) atoms. The Morgan fingerprint density at radius 1 is 1.20 bits per heavy atom. The Kier molecular flexibility index (Phi) is 6.52. The Labute approximate surface area is 117 Å². The first-order valence-corrected chi connectivity index (χ1v) is 6.26. The molecule has 0 saturated heterocycles. The van der Waals surface area contributed by atoms with Gasteiger partial charge in [0, 0.05) is 12.0 Å². The molecule has 1 aromatic carbocycles. The van der Waals surface area contributed by atoms with Crippen LogP contribution < -0.4 is 14.8 Å². The summed E-state index contributed by atoms with van der Waals surface area (Å²) in [4.78, 5) is 22.3. The van der Waals surface area contributed by atoms with Crippen molar-refractivity contribution >= 4 is 11.8 Å². The Hall–Kier alpha value is -2.08. The lowest BCUT2D eigenvalue weighted by Crippen LogP contribution is -2.24. The fourth-order valence-electron chi connectivity index (χ4n) is 1.68. The second kappa shape index (κ2) is 8.16. The molecule has 0 unspecified atom stereocenters. The Morgan fingerprint density at radius 2 is 1.90 bits per heavy atom. The van der Waals surface area contributed by atoms with E-state index in [1.807, 2.05) is 0 Å². The number of carboxylic acids is 1. The molecule has 0 aliphatic carbocycles. The second-order valence-corrected chi connectivity index (χ2v) is 4.17. The summed E-state index contributed by atoms with van der Waals surface area (Å²) in [5.41, 5.74) is 0.522. The monoisotopic (exact) mass is 281 g/mol. The van der Waals surface area contributed by atoms with Crippen molar-refractivity contribution in [3.8, 4) is 11.5 Å². The van der Waals surface area contributed by atoms with E-state index in [0.717, 1.165) is 0 Å². The van der Waals surface area contributed by atoms with E-state index < -0.39 is 5.97 Å². The lowest BCUT2D eigenvalue weighted by molar-refractivity contribution is -0.137. The second-order valence-electron chi connectivity index (χ2n) is 4.17. The van der Waals surface area contributed by atoms with Crippen LogP contribution in [0.25, 0.3) is 0 Å². The van der Waals surface area contributed by atoms with E-state index in [0.29, 0.717) is 30.0 Å². The number of carboxylic acid groups (broad SMARTS) is 1. The number of rotatable bonds is 9. The summed E-state index contributed by atoms with van der Waals surface area (Å²) in [6.45, 7) is 0.653. The minimum atomic E-state index is -0.835. The van der Waals surface area contributed by atoms with E-state index in [2.05, 4.69) is 5.32 Å². The average molecular weight is 281 g/mol. The van der Waals surface area contributed by atoms with Crippen molar-refractivity contribution in [2.45, 2.75) is 12.8 Å². The van der Waals surface area contributed by atoms with Crippen molar-refractivity contribution in [3.05, 3.63) is 23.8 Å². The van der Waals surface area contributed by atoms with Gasteiger partial charge >= 0.3 is 5.97 Å². The van der Waals surface area contributed by atoms with E-state index in [4.69, 9.17) is 14.6 Å². The fraction of sp³-hybridized carbons (Fsp3) is 0.429. The molecule has 110 valence electrons. The molecule has 6 nitrogen and oxygen atoms in total. The van der Waals surface area contributed by atoms with Crippen LogP contribution in [-0.2, 0) is 4.79 Å². The third kappa shape index (κ3) is 4.89. The van der Waals surface area contributed by atoms with Gasteiger partial charge in [-0.05, 0) is 31.2 Å². The predicted molar refractivity (Wildman–Crippen MR) is 73.6 cm³/mol. The maximum atomic E-state index is 11.9. The summed E-state index contributed by atoms with van der Waals surface area (Å²) in [6, 6.07) is 4.97. The van der Waals surface area contributed by atoms with Crippen molar-refractivity contribution in [2.24, 2.45) is 0 Å². The van der Waals surface area contributed by atoms with Gasteiger partial charge in [-0.25, -0.2) is 0 Å². The van der Waals surface area contributed by atoms with E-state index in [9.17, 15) is 9.59 Å². The molecule has 0 aliphatic heterocycles. The van der Waals surface area contributed by atoms with Gasteiger partial charge in [-0.15, -0.1) is 0 Å². The smallest absolute Gasteiger partial charge is 0.303 e. The van der Waals surface area contributed by atoms with Crippen molar-refractivity contribution in [1.82, 2.24) is 5.32 Å². The number of carbonyl (C=O) groups excluding carboxylic acids is 1. The molecule has 1 aromatic rings. The molecule has 0 amide bonds. The number of benzene rings is 1. The van der Waals surface area contributed by atoms with Crippen molar-refractivity contribution in [1.29, 1.82) is 0 Å². The number of ketones is 1. The van der Waals surface area contributed by atoms with Gasteiger partial charge in [0.25, 0.3) is 0 Å². The molecule has 0 fully saturated rings. The molecule has 0 aromatic heterocycles. The van der Waals surface area contributed by atoms with E-state index in [1.165, 1.54) is 14.2 Å². The molecular weight excluding hydrogens is 262 g/mol. The number of hydrogen-bond acceptors (Lipinski definition) is 5. The molecule has 0 aliphatic rings. The molecular formula is C14H19NO5. The normalized spacial score (nSPS) is 10.1. The maximum absolute atomic E-state index is 11.9. The summed E-state index contributed by atoms with van der Waals surface area (Å²) >= 11 is 0. The van der Waals surface area contributed by atoms with Crippen LogP contribution in [0.4, 0.5) is 0 Å². The molecule has 6 heteroatoms. The number of nitrogens with one attached hydrogen (secondary N) is 1. The molecule has 0 heterocycles. The van der Waals surface area contributed by atoms with Gasteiger partial charge < -0.3 is 19.9 Å². The van der Waals surface area contributed by atoms with Crippen molar-refractivity contribution in [2.75, 3.05) is 27.3 Å². The van der Waals surface area contributed by atoms with Gasteiger partial charge in [-0.2, -0.15) is 0 Å². The van der Waals surface area contributed by atoms with Crippen LogP contribution in [-0.4, -0.2) is 44.2 Å². The molecule has 0 radical (unpaired) electrons. The largest absolute Gasteiger partial charge is 0.493 e. The molecule has 0 spiro atoms. The maximum Gasteiger partial charge on any atom is 0.303 e. The van der Waals surface area contributed by atoms with Crippen molar-refractivity contribution in [3.63, 3.8) is 0 Å². The lowest BCUT2D eigenvalue weighted by Gasteiger charge is -2.09. The highest BCUT2D eigenvalue weighted by Gasteiger charge is 2.10. The van der Waals surface area contributed by atoms with Gasteiger partial charge in [0.05, 0.1) is 20.8 Å². The number of aliphatic carboxylic acids is 1.